The highest BCUT2D eigenvalue weighted by atomic mass is 35.5. The highest BCUT2D eigenvalue weighted by molar-refractivity contribution is 6.30. The molecule has 0 aliphatic carbocycles. The minimum atomic E-state index is 0.00482. The number of halogens is 1. The molecule has 19 heavy (non-hydrogen) atoms. The lowest BCUT2D eigenvalue weighted by Crippen LogP contribution is -3.15. The molecule has 1 heterocycles. The van der Waals surface area contributed by atoms with Gasteiger partial charge in [0.25, 0.3) is 5.91 Å². The molecule has 2 rings (SSSR count). The van der Waals surface area contributed by atoms with Gasteiger partial charge in [-0.2, -0.15) is 0 Å². The Hall–Kier alpha value is -1.10. The average molecular weight is 284 g/mol. The van der Waals surface area contributed by atoms with Crippen molar-refractivity contribution in [2.45, 2.75) is 13.0 Å². The lowest BCUT2D eigenvalue weighted by atomic mass is 10.1. The summed E-state index contributed by atoms with van der Waals surface area (Å²) in [5, 5.41) is 3.73. The van der Waals surface area contributed by atoms with Crippen molar-refractivity contribution in [2.24, 2.45) is 0 Å². The largest absolute Gasteiger partial charge is 0.370 e. The molecule has 0 bridgehead atoms. The highest BCUT2D eigenvalue weighted by Gasteiger charge is 2.18. The first-order valence-corrected chi connectivity index (χ1v) is 6.99. The van der Waals surface area contributed by atoms with E-state index in [4.69, 9.17) is 16.3 Å². The van der Waals surface area contributed by atoms with E-state index in [9.17, 15) is 4.79 Å². The van der Waals surface area contributed by atoms with Crippen LogP contribution in [-0.2, 0) is 9.53 Å². The van der Waals surface area contributed by atoms with Crippen LogP contribution < -0.4 is 10.2 Å². The van der Waals surface area contributed by atoms with Gasteiger partial charge in [0.2, 0.25) is 0 Å². The number of hydrogen-bond donors (Lipinski definition) is 2. The van der Waals surface area contributed by atoms with Gasteiger partial charge in [-0.15, -0.1) is 0 Å². The third-order valence-electron chi connectivity index (χ3n) is 3.36. The Bertz CT molecular complexity index is 416. The smallest absolute Gasteiger partial charge is 0.275 e. The summed E-state index contributed by atoms with van der Waals surface area (Å²) in [5.41, 5.74) is 1.06. The number of hydrogen-bond acceptors (Lipinski definition) is 2. The number of rotatable bonds is 4. The van der Waals surface area contributed by atoms with Crippen molar-refractivity contribution in [1.29, 1.82) is 0 Å². The van der Waals surface area contributed by atoms with Gasteiger partial charge in [-0.1, -0.05) is 23.7 Å². The zero-order chi connectivity index (χ0) is 13.7. The van der Waals surface area contributed by atoms with E-state index in [0.717, 1.165) is 31.9 Å². The van der Waals surface area contributed by atoms with Gasteiger partial charge in [0.05, 0.1) is 19.3 Å². The molecule has 0 radical (unpaired) electrons. The summed E-state index contributed by atoms with van der Waals surface area (Å²) in [5.74, 6) is 0.0827. The fourth-order valence-electron chi connectivity index (χ4n) is 2.19. The fourth-order valence-corrected chi connectivity index (χ4v) is 2.32. The van der Waals surface area contributed by atoms with Crippen LogP contribution in [0.2, 0.25) is 5.02 Å². The third-order valence-corrected chi connectivity index (χ3v) is 3.61. The Morgan fingerprint density at radius 1 is 1.37 bits per heavy atom. The molecule has 1 saturated heterocycles. The molecule has 1 aromatic rings. The minimum absolute atomic E-state index is 0.00482. The van der Waals surface area contributed by atoms with Crippen LogP contribution in [0.25, 0.3) is 0 Å². The first-order chi connectivity index (χ1) is 9.15. The molecule has 1 amide bonds. The topological polar surface area (TPSA) is 42.8 Å². The molecule has 1 aliphatic heterocycles. The molecule has 0 saturated carbocycles. The Morgan fingerprint density at radius 2 is 2.00 bits per heavy atom. The van der Waals surface area contributed by atoms with Crippen LogP contribution in [0.5, 0.6) is 0 Å². The Labute approximate surface area is 118 Å². The molecule has 1 fully saturated rings. The average Bonchev–Trinajstić information content (AvgIpc) is 2.40. The van der Waals surface area contributed by atoms with Crippen LogP contribution in [0.1, 0.15) is 18.5 Å². The van der Waals surface area contributed by atoms with Gasteiger partial charge in [-0.3, -0.25) is 4.79 Å². The first kappa shape index (κ1) is 14.3. The number of benzene rings is 1. The zero-order valence-electron chi connectivity index (χ0n) is 11.1. The van der Waals surface area contributed by atoms with Crippen LogP contribution in [0.3, 0.4) is 0 Å². The SMILES string of the molecule is C[C@@H](NC(=O)C[NH+]1CCOCC1)c1ccc(Cl)cc1. The molecule has 4 nitrogen and oxygen atoms in total. The minimum Gasteiger partial charge on any atom is -0.370 e. The monoisotopic (exact) mass is 283 g/mol. The van der Waals surface area contributed by atoms with Crippen molar-refractivity contribution in [3.63, 3.8) is 0 Å². The van der Waals surface area contributed by atoms with Crippen molar-refractivity contribution in [3.8, 4) is 0 Å². The lowest BCUT2D eigenvalue weighted by molar-refractivity contribution is -0.900. The summed E-state index contributed by atoms with van der Waals surface area (Å²) in [6, 6.07) is 7.56. The van der Waals surface area contributed by atoms with Gasteiger partial charge in [0.1, 0.15) is 13.1 Å². The summed E-state index contributed by atoms with van der Waals surface area (Å²) < 4.78 is 5.28. The Kier molecular flexibility index (Phi) is 5.19. The van der Waals surface area contributed by atoms with E-state index in [0.29, 0.717) is 11.6 Å². The normalized spacial score (nSPS) is 18.0. The van der Waals surface area contributed by atoms with E-state index in [-0.39, 0.29) is 11.9 Å². The van der Waals surface area contributed by atoms with Crippen LogP contribution in [0.15, 0.2) is 24.3 Å². The second-order valence-corrected chi connectivity index (χ2v) is 5.32. The number of carbonyl (C=O) groups is 1. The number of morpholine rings is 1. The molecule has 1 atom stereocenters. The third kappa shape index (κ3) is 4.49. The molecule has 1 aliphatic rings. The molecular weight excluding hydrogens is 264 g/mol. The van der Waals surface area contributed by atoms with E-state index >= 15 is 0 Å². The van der Waals surface area contributed by atoms with Gasteiger partial charge >= 0.3 is 0 Å². The van der Waals surface area contributed by atoms with Crippen molar-refractivity contribution < 1.29 is 14.4 Å². The number of quaternary nitrogens is 1. The number of nitrogens with one attached hydrogen (secondary N) is 2. The van der Waals surface area contributed by atoms with Crippen LogP contribution >= 0.6 is 11.6 Å². The standard InChI is InChI=1S/C14H19ClN2O2/c1-11(12-2-4-13(15)5-3-12)16-14(18)10-17-6-8-19-9-7-17/h2-5,11H,6-10H2,1H3,(H,16,18)/p+1/t11-/m1/s1. The summed E-state index contributed by atoms with van der Waals surface area (Å²) >= 11 is 5.85. The van der Waals surface area contributed by atoms with E-state index in [1.807, 2.05) is 31.2 Å². The van der Waals surface area contributed by atoms with Crippen molar-refractivity contribution in [1.82, 2.24) is 5.32 Å². The summed E-state index contributed by atoms with van der Waals surface area (Å²) in [7, 11) is 0. The van der Waals surface area contributed by atoms with E-state index < -0.39 is 0 Å². The second kappa shape index (κ2) is 6.89. The van der Waals surface area contributed by atoms with Gasteiger partial charge in [0, 0.05) is 5.02 Å². The predicted octanol–water partition coefficient (Wildman–Crippen LogP) is 0.432. The first-order valence-electron chi connectivity index (χ1n) is 6.61. The molecule has 0 unspecified atom stereocenters. The summed E-state index contributed by atoms with van der Waals surface area (Å²) in [6.07, 6.45) is 0. The van der Waals surface area contributed by atoms with Gasteiger partial charge in [-0.05, 0) is 24.6 Å². The van der Waals surface area contributed by atoms with E-state index in [1.54, 1.807) is 0 Å². The van der Waals surface area contributed by atoms with Crippen molar-refractivity contribution in [3.05, 3.63) is 34.9 Å². The van der Waals surface area contributed by atoms with E-state index in [1.165, 1.54) is 4.90 Å². The molecular formula is C14H20ClN2O2+. The van der Waals surface area contributed by atoms with E-state index in [2.05, 4.69) is 5.32 Å². The summed E-state index contributed by atoms with van der Waals surface area (Å²) in [6.45, 7) is 5.80. The van der Waals surface area contributed by atoms with Gasteiger partial charge < -0.3 is 15.0 Å². The van der Waals surface area contributed by atoms with Crippen molar-refractivity contribution in [2.75, 3.05) is 32.8 Å². The Balaban J connectivity index is 1.82. The zero-order valence-corrected chi connectivity index (χ0v) is 11.9. The molecule has 0 aromatic heterocycles. The molecule has 0 spiro atoms. The Morgan fingerprint density at radius 3 is 2.63 bits per heavy atom. The molecule has 2 N–H and O–H groups in total. The second-order valence-electron chi connectivity index (χ2n) is 4.88. The quantitative estimate of drug-likeness (QED) is 0.842. The van der Waals surface area contributed by atoms with Crippen LogP contribution in [0, 0.1) is 0 Å². The molecule has 5 heteroatoms. The molecule has 1 aromatic carbocycles. The predicted molar refractivity (Wildman–Crippen MR) is 74.4 cm³/mol. The lowest BCUT2D eigenvalue weighted by Gasteiger charge is -2.24. The maximum Gasteiger partial charge on any atom is 0.275 e. The van der Waals surface area contributed by atoms with Crippen LogP contribution in [-0.4, -0.2) is 38.8 Å². The molecule has 104 valence electrons. The fraction of sp³-hybridized carbons (Fsp3) is 0.500. The summed E-state index contributed by atoms with van der Waals surface area (Å²) in [4.78, 5) is 13.2. The number of carbonyl (C=O) groups excluding carboxylic acids is 1. The van der Waals surface area contributed by atoms with Gasteiger partial charge in [0.15, 0.2) is 6.54 Å². The maximum absolute atomic E-state index is 12.0. The maximum atomic E-state index is 12.0. The van der Waals surface area contributed by atoms with Gasteiger partial charge in [-0.25, -0.2) is 0 Å². The number of ether oxygens (including phenoxy) is 1. The number of amides is 1. The highest BCUT2D eigenvalue weighted by Crippen LogP contribution is 2.15. The van der Waals surface area contributed by atoms with Crippen molar-refractivity contribution >= 4 is 17.5 Å². The van der Waals surface area contributed by atoms with Crippen LogP contribution in [0.4, 0.5) is 0 Å².